The molecule has 0 spiro atoms. The molecule has 0 fully saturated rings. The zero-order chi connectivity index (χ0) is 11.8. The van der Waals surface area contributed by atoms with E-state index < -0.39 is 0 Å². The van der Waals surface area contributed by atoms with Crippen LogP contribution in [0.4, 0.5) is 0 Å². The molecule has 6 heteroatoms. The summed E-state index contributed by atoms with van der Waals surface area (Å²) in [6, 6.07) is 5.34. The van der Waals surface area contributed by atoms with Gasteiger partial charge in [0.2, 0.25) is 6.79 Å². The third-order valence-corrected chi connectivity index (χ3v) is 3.11. The van der Waals surface area contributed by atoms with Gasteiger partial charge in [0.05, 0.1) is 4.47 Å². The van der Waals surface area contributed by atoms with E-state index >= 15 is 0 Å². The van der Waals surface area contributed by atoms with E-state index in [0.717, 1.165) is 10.0 Å². The molecule has 1 aliphatic heterocycles. The molecule has 2 aromatic rings. The number of hydrogen-bond donors (Lipinski definition) is 0. The minimum absolute atomic E-state index is 0.230. The highest BCUT2D eigenvalue weighted by Crippen LogP contribution is 2.41. The van der Waals surface area contributed by atoms with Gasteiger partial charge in [0.15, 0.2) is 17.3 Å². The number of nitrogens with zero attached hydrogens (tertiary/aromatic N) is 2. The average Bonchev–Trinajstić information content (AvgIpc) is 2.77. The molecule has 1 aromatic heterocycles. The van der Waals surface area contributed by atoms with Crippen LogP contribution >= 0.6 is 27.5 Å². The molecule has 86 valence electrons. The van der Waals surface area contributed by atoms with Gasteiger partial charge in [-0.3, -0.25) is 0 Å². The van der Waals surface area contributed by atoms with Gasteiger partial charge in [-0.25, -0.2) is 9.97 Å². The fourth-order valence-corrected chi connectivity index (χ4v) is 2.27. The first-order chi connectivity index (χ1) is 8.24. The fraction of sp³-hybridized carbons (Fsp3) is 0.0909. The SMILES string of the molecule is Clc1ccnc(-c2cc(Br)c3c(c2)OCO3)n1. The van der Waals surface area contributed by atoms with Gasteiger partial charge < -0.3 is 9.47 Å². The Kier molecular flexibility index (Phi) is 2.64. The molecule has 17 heavy (non-hydrogen) atoms. The Bertz CT molecular complexity index is 592. The van der Waals surface area contributed by atoms with Crippen molar-refractivity contribution in [1.82, 2.24) is 9.97 Å². The molecule has 0 bridgehead atoms. The lowest BCUT2D eigenvalue weighted by atomic mass is 10.2. The summed E-state index contributed by atoms with van der Waals surface area (Å²) in [5.41, 5.74) is 0.823. The van der Waals surface area contributed by atoms with E-state index in [9.17, 15) is 0 Å². The summed E-state index contributed by atoms with van der Waals surface area (Å²) in [5.74, 6) is 1.94. The van der Waals surface area contributed by atoms with Crippen molar-refractivity contribution < 1.29 is 9.47 Å². The Labute approximate surface area is 111 Å². The highest BCUT2D eigenvalue weighted by molar-refractivity contribution is 9.10. The monoisotopic (exact) mass is 312 g/mol. The van der Waals surface area contributed by atoms with Gasteiger partial charge in [0.1, 0.15) is 5.15 Å². The molecule has 3 rings (SSSR count). The molecule has 0 atom stereocenters. The zero-order valence-corrected chi connectivity index (χ0v) is 10.8. The largest absolute Gasteiger partial charge is 0.454 e. The third kappa shape index (κ3) is 1.96. The lowest BCUT2D eigenvalue weighted by Gasteiger charge is -2.04. The van der Waals surface area contributed by atoms with Crippen molar-refractivity contribution in [3.05, 3.63) is 34.0 Å². The third-order valence-electron chi connectivity index (χ3n) is 2.31. The van der Waals surface area contributed by atoms with Crippen LogP contribution in [0.15, 0.2) is 28.9 Å². The number of ether oxygens (including phenoxy) is 2. The predicted octanol–water partition coefficient (Wildman–Crippen LogP) is 3.29. The minimum atomic E-state index is 0.230. The summed E-state index contributed by atoms with van der Waals surface area (Å²) in [6.45, 7) is 0.230. The normalized spacial score (nSPS) is 12.8. The summed E-state index contributed by atoms with van der Waals surface area (Å²) in [4.78, 5) is 8.31. The first-order valence-corrected chi connectivity index (χ1v) is 5.99. The van der Waals surface area contributed by atoms with Crippen LogP contribution in [0.3, 0.4) is 0 Å². The summed E-state index contributed by atoms with van der Waals surface area (Å²) in [5, 5.41) is 0.406. The van der Waals surface area contributed by atoms with Crippen LogP contribution in [0, 0.1) is 0 Å². The van der Waals surface area contributed by atoms with E-state index in [2.05, 4.69) is 25.9 Å². The molecule has 0 radical (unpaired) electrons. The van der Waals surface area contributed by atoms with Crippen molar-refractivity contribution in [2.45, 2.75) is 0 Å². The highest BCUT2D eigenvalue weighted by Gasteiger charge is 2.19. The van der Waals surface area contributed by atoms with Crippen LogP contribution in [-0.4, -0.2) is 16.8 Å². The van der Waals surface area contributed by atoms with E-state index in [0.29, 0.717) is 22.5 Å². The first-order valence-electron chi connectivity index (χ1n) is 4.82. The predicted molar refractivity (Wildman–Crippen MR) is 66.3 cm³/mol. The number of rotatable bonds is 1. The Morgan fingerprint density at radius 3 is 3.00 bits per heavy atom. The van der Waals surface area contributed by atoms with Gasteiger partial charge in [-0.05, 0) is 34.1 Å². The van der Waals surface area contributed by atoms with Crippen LogP contribution < -0.4 is 9.47 Å². The maximum atomic E-state index is 5.83. The molecule has 1 aromatic carbocycles. The number of fused-ring (bicyclic) bond motifs is 1. The lowest BCUT2D eigenvalue weighted by Crippen LogP contribution is -1.93. The van der Waals surface area contributed by atoms with E-state index in [1.54, 1.807) is 12.3 Å². The Morgan fingerprint density at radius 2 is 2.18 bits per heavy atom. The Morgan fingerprint density at radius 1 is 1.29 bits per heavy atom. The second-order valence-corrected chi connectivity index (χ2v) is 4.64. The van der Waals surface area contributed by atoms with Crippen molar-refractivity contribution in [2.24, 2.45) is 0 Å². The number of halogens is 2. The van der Waals surface area contributed by atoms with E-state index in [4.69, 9.17) is 21.1 Å². The molecule has 0 saturated heterocycles. The van der Waals surface area contributed by atoms with Gasteiger partial charge in [0, 0.05) is 11.8 Å². The summed E-state index contributed by atoms with van der Waals surface area (Å²) in [6.07, 6.45) is 1.61. The molecular formula is C11H6BrClN2O2. The summed E-state index contributed by atoms with van der Waals surface area (Å²) in [7, 11) is 0. The minimum Gasteiger partial charge on any atom is -0.454 e. The summed E-state index contributed by atoms with van der Waals surface area (Å²) < 4.78 is 11.4. The average molecular weight is 314 g/mol. The van der Waals surface area contributed by atoms with Gasteiger partial charge in [-0.15, -0.1) is 0 Å². The molecular weight excluding hydrogens is 307 g/mol. The van der Waals surface area contributed by atoms with Crippen molar-refractivity contribution >= 4 is 27.5 Å². The van der Waals surface area contributed by atoms with Gasteiger partial charge in [-0.2, -0.15) is 0 Å². The molecule has 0 aliphatic carbocycles. The molecule has 2 heterocycles. The Hall–Kier alpha value is -1.33. The number of aromatic nitrogens is 2. The van der Waals surface area contributed by atoms with Crippen LogP contribution in [0.1, 0.15) is 0 Å². The standard InChI is InChI=1S/C11H6BrClN2O2/c12-7-3-6(4-8-10(7)17-5-16-8)11-14-2-1-9(13)15-11/h1-4H,5H2. The molecule has 1 aliphatic rings. The van der Waals surface area contributed by atoms with E-state index in [1.165, 1.54) is 0 Å². The van der Waals surface area contributed by atoms with Gasteiger partial charge in [-0.1, -0.05) is 11.6 Å². The highest BCUT2D eigenvalue weighted by atomic mass is 79.9. The zero-order valence-electron chi connectivity index (χ0n) is 8.48. The van der Waals surface area contributed by atoms with Gasteiger partial charge in [0.25, 0.3) is 0 Å². The van der Waals surface area contributed by atoms with E-state index in [-0.39, 0.29) is 6.79 Å². The molecule has 0 amide bonds. The fourth-order valence-electron chi connectivity index (χ4n) is 1.57. The smallest absolute Gasteiger partial charge is 0.231 e. The topological polar surface area (TPSA) is 44.2 Å². The second kappa shape index (κ2) is 4.16. The van der Waals surface area contributed by atoms with Crippen molar-refractivity contribution in [2.75, 3.05) is 6.79 Å². The maximum absolute atomic E-state index is 5.83. The van der Waals surface area contributed by atoms with Crippen molar-refractivity contribution in [1.29, 1.82) is 0 Å². The quantitative estimate of drug-likeness (QED) is 0.758. The molecule has 0 unspecified atom stereocenters. The molecule has 0 N–H and O–H groups in total. The molecule has 0 saturated carbocycles. The van der Waals surface area contributed by atoms with Crippen molar-refractivity contribution in [3.8, 4) is 22.9 Å². The van der Waals surface area contributed by atoms with Crippen LogP contribution in [0.25, 0.3) is 11.4 Å². The van der Waals surface area contributed by atoms with Crippen molar-refractivity contribution in [3.63, 3.8) is 0 Å². The van der Waals surface area contributed by atoms with E-state index in [1.807, 2.05) is 12.1 Å². The maximum Gasteiger partial charge on any atom is 0.231 e. The first kappa shape index (κ1) is 10.8. The Balaban J connectivity index is 2.13. The lowest BCUT2D eigenvalue weighted by molar-refractivity contribution is 0.173. The molecule has 4 nitrogen and oxygen atoms in total. The number of hydrogen-bond acceptors (Lipinski definition) is 4. The number of benzene rings is 1. The summed E-state index contributed by atoms with van der Waals surface area (Å²) >= 11 is 9.25. The van der Waals surface area contributed by atoms with Crippen LogP contribution in [0.2, 0.25) is 5.15 Å². The second-order valence-electron chi connectivity index (χ2n) is 3.39. The van der Waals surface area contributed by atoms with Gasteiger partial charge >= 0.3 is 0 Å². The van der Waals surface area contributed by atoms with Crippen LogP contribution in [-0.2, 0) is 0 Å². The van der Waals surface area contributed by atoms with Crippen LogP contribution in [0.5, 0.6) is 11.5 Å².